The predicted molar refractivity (Wildman–Crippen MR) is 189 cm³/mol. The fraction of sp³-hybridized carbons (Fsp3) is 0.0476. The van der Waals surface area contributed by atoms with Gasteiger partial charge in [0.05, 0.1) is 11.4 Å². The van der Waals surface area contributed by atoms with E-state index >= 15 is 0 Å². The normalized spacial score (nSPS) is 15.3. The van der Waals surface area contributed by atoms with Gasteiger partial charge in [-0.2, -0.15) is 0 Å². The van der Waals surface area contributed by atoms with E-state index in [1.54, 1.807) is 0 Å². The monoisotopic (exact) mass is 592 g/mol. The molecule has 0 saturated heterocycles. The van der Waals surface area contributed by atoms with Crippen LogP contribution in [0.1, 0.15) is 23.6 Å². The molecule has 6 aromatic carbocycles. The number of hydrogen-bond donors (Lipinski definition) is 0. The largest absolute Gasteiger partial charge is 0.228 e. The zero-order chi connectivity index (χ0) is 30.0. The maximum Gasteiger partial charge on any atom is 0.160 e. The zero-order valence-electron chi connectivity index (χ0n) is 24.7. The van der Waals surface area contributed by atoms with Crippen LogP contribution in [-0.4, -0.2) is 9.97 Å². The van der Waals surface area contributed by atoms with Gasteiger partial charge in [-0.15, -0.1) is 11.3 Å². The van der Waals surface area contributed by atoms with Gasteiger partial charge in [0.1, 0.15) is 0 Å². The molecule has 1 atom stereocenters. The second-order valence-corrected chi connectivity index (χ2v) is 13.0. The Labute approximate surface area is 266 Å². The van der Waals surface area contributed by atoms with Crippen LogP contribution >= 0.6 is 11.3 Å². The highest BCUT2D eigenvalue weighted by atomic mass is 32.1. The van der Waals surface area contributed by atoms with Crippen LogP contribution in [0.3, 0.4) is 0 Å². The summed E-state index contributed by atoms with van der Waals surface area (Å²) in [6, 6.07) is 54.3. The first kappa shape index (κ1) is 26.1. The van der Waals surface area contributed by atoms with Crippen LogP contribution in [0, 0.1) is 0 Å². The molecule has 2 nitrogen and oxygen atoms in total. The second kappa shape index (κ2) is 10.1. The third-order valence-corrected chi connectivity index (χ3v) is 10.5. The summed E-state index contributed by atoms with van der Waals surface area (Å²) in [6.45, 7) is 2.36. The summed E-state index contributed by atoms with van der Waals surface area (Å²) in [5, 5.41) is 2.52. The van der Waals surface area contributed by atoms with Crippen LogP contribution < -0.4 is 0 Å². The minimum absolute atomic E-state index is 0.275. The van der Waals surface area contributed by atoms with Crippen molar-refractivity contribution >= 4 is 31.5 Å². The molecule has 2 aromatic heterocycles. The molecule has 0 fully saturated rings. The zero-order valence-corrected chi connectivity index (χ0v) is 25.6. The lowest BCUT2D eigenvalue weighted by Gasteiger charge is -2.28. The minimum Gasteiger partial charge on any atom is -0.228 e. The van der Waals surface area contributed by atoms with Gasteiger partial charge in [-0.05, 0) is 59.0 Å². The van der Waals surface area contributed by atoms with Crippen LogP contribution in [0.2, 0.25) is 0 Å². The van der Waals surface area contributed by atoms with Crippen LogP contribution in [0.4, 0.5) is 0 Å². The molecule has 1 aliphatic carbocycles. The lowest BCUT2D eigenvalue weighted by molar-refractivity contribution is 0.714. The molecule has 0 spiro atoms. The molecule has 0 aliphatic heterocycles. The summed E-state index contributed by atoms with van der Waals surface area (Å²) < 4.78 is 2.56. The maximum absolute atomic E-state index is 5.22. The number of fused-ring (bicyclic) bond motifs is 6. The van der Waals surface area contributed by atoms with Crippen molar-refractivity contribution in [1.29, 1.82) is 0 Å². The first-order chi connectivity index (χ1) is 22.2. The van der Waals surface area contributed by atoms with E-state index in [2.05, 4.69) is 153 Å². The van der Waals surface area contributed by atoms with E-state index < -0.39 is 0 Å². The smallest absolute Gasteiger partial charge is 0.160 e. The Morgan fingerprint density at radius 2 is 1.16 bits per heavy atom. The van der Waals surface area contributed by atoms with Crippen LogP contribution in [0.5, 0.6) is 0 Å². The van der Waals surface area contributed by atoms with E-state index in [1.165, 1.54) is 48.0 Å². The van der Waals surface area contributed by atoms with Gasteiger partial charge in [0.15, 0.2) is 5.82 Å². The van der Waals surface area contributed by atoms with E-state index in [0.29, 0.717) is 0 Å². The molecule has 212 valence electrons. The van der Waals surface area contributed by atoms with Gasteiger partial charge in [0.2, 0.25) is 0 Å². The number of hydrogen-bond acceptors (Lipinski definition) is 3. The first-order valence-corrected chi connectivity index (χ1v) is 16.2. The molecule has 0 radical (unpaired) electrons. The van der Waals surface area contributed by atoms with Gasteiger partial charge in [-0.1, -0.05) is 127 Å². The molecule has 1 unspecified atom stereocenters. The minimum atomic E-state index is -0.275. The Morgan fingerprint density at radius 1 is 0.489 bits per heavy atom. The molecular weight excluding hydrogens is 565 g/mol. The van der Waals surface area contributed by atoms with E-state index in [4.69, 9.17) is 9.97 Å². The fourth-order valence-electron chi connectivity index (χ4n) is 7.17. The molecule has 1 aliphatic rings. The second-order valence-electron chi connectivity index (χ2n) is 11.9. The van der Waals surface area contributed by atoms with Crippen molar-refractivity contribution in [1.82, 2.24) is 9.97 Å². The van der Waals surface area contributed by atoms with Crippen molar-refractivity contribution in [2.45, 2.75) is 12.3 Å². The van der Waals surface area contributed by atoms with Crippen molar-refractivity contribution in [3.63, 3.8) is 0 Å². The van der Waals surface area contributed by atoms with Crippen molar-refractivity contribution in [2.75, 3.05) is 0 Å². The quantitative estimate of drug-likeness (QED) is 0.203. The summed E-state index contributed by atoms with van der Waals surface area (Å²) in [5.41, 5.74) is 11.3. The van der Waals surface area contributed by atoms with E-state index in [-0.39, 0.29) is 5.41 Å². The Morgan fingerprint density at radius 3 is 2.02 bits per heavy atom. The van der Waals surface area contributed by atoms with Crippen LogP contribution in [0.15, 0.2) is 152 Å². The Balaban J connectivity index is 1.29. The number of aromatic nitrogens is 2. The van der Waals surface area contributed by atoms with Gasteiger partial charge in [0, 0.05) is 42.3 Å². The number of nitrogens with zero attached hydrogens (tertiary/aromatic N) is 2. The number of rotatable bonds is 4. The molecule has 9 rings (SSSR count). The molecule has 0 N–H and O–H groups in total. The molecule has 0 bridgehead atoms. The molecule has 2 heterocycles. The van der Waals surface area contributed by atoms with E-state index in [1.807, 2.05) is 17.4 Å². The summed E-state index contributed by atoms with van der Waals surface area (Å²) in [6.07, 6.45) is 0. The first-order valence-electron chi connectivity index (χ1n) is 15.3. The van der Waals surface area contributed by atoms with Crippen molar-refractivity contribution in [3.05, 3.63) is 168 Å². The van der Waals surface area contributed by atoms with Crippen LogP contribution in [0.25, 0.3) is 65.2 Å². The summed E-state index contributed by atoms with van der Waals surface area (Å²) in [7, 11) is 0. The molecule has 0 amide bonds. The van der Waals surface area contributed by atoms with Gasteiger partial charge < -0.3 is 0 Å². The maximum atomic E-state index is 5.22. The molecule has 0 saturated carbocycles. The average Bonchev–Trinajstić information content (AvgIpc) is 3.62. The molecular formula is C42H28N2S. The third kappa shape index (κ3) is 4.01. The van der Waals surface area contributed by atoms with Gasteiger partial charge in [-0.25, -0.2) is 9.97 Å². The lowest BCUT2D eigenvalue weighted by Crippen LogP contribution is -2.22. The molecule has 8 aromatic rings. The standard InChI is InChI=1S/C42H28N2S/c1-42(29-15-6-3-7-16-29)34-20-10-8-17-30(34)31-24-23-28(25-35(31)42)36-26-37(44-41(43-36)27-13-4-2-5-14-27)32-19-12-22-39-40(32)33-18-9-11-21-38(33)45-39/h2-26H,1H3. The summed E-state index contributed by atoms with van der Waals surface area (Å²) >= 11 is 1.83. The Kier molecular flexibility index (Phi) is 5.84. The number of benzene rings is 6. The van der Waals surface area contributed by atoms with Crippen molar-refractivity contribution < 1.29 is 0 Å². The number of thiophene rings is 1. The Bertz CT molecular complexity index is 2390. The van der Waals surface area contributed by atoms with Gasteiger partial charge in [-0.3, -0.25) is 0 Å². The molecule has 45 heavy (non-hydrogen) atoms. The van der Waals surface area contributed by atoms with E-state index in [0.717, 1.165) is 33.9 Å². The van der Waals surface area contributed by atoms with Crippen molar-refractivity contribution in [3.8, 4) is 45.0 Å². The topological polar surface area (TPSA) is 25.8 Å². The highest BCUT2D eigenvalue weighted by Gasteiger charge is 2.40. The highest BCUT2D eigenvalue weighted by molar-refractivity contribution is 7.25. The summed E-state index contributed by atoms with van der Waals surface area (Å²) in [4.78, 5) is 10.4. The Hall–Kier alpha value is -5.38. The van der Waals surface area contributed by atoms with Crippen LogP contribution in [-0.2, 0) is 5.41 Å². The van der Waals surface area contributed by atoms with E-state index in [9.17, 15) is 0 Å². The predicted octanol–water partition coefficient (Wildman–Crippen LogP) is 11.2. The lowest BCUT2D eigenvalue weighted by atomic mass is 9.74. The molecule has 3 heteroatoms. The van der Waals surface area contributed by atoms with Crippen molar-refractivity contribution in [2.24, 2.45) is 0 Å². The third-order valence-electron chi connectivity index (χ3n) is 9.40. The highest BCUT2D eigenvalue weighted by Crippen LogP contribution is 2.53. The van der Waals surface area contributed by atoms with Gasteiger partial charge >= 0.3 is 0 Å². The summed E-state index contributed by atoms with van der Waals surface area (Å²) in [5.74, 6) is 0.731. The average molecular weight is 593 g/mol. The SMILES string of the molecule is CC1(c2ccccc2)c2ccccc2-c2ccc(-c3cc(-c4cccc5sc6ccccc6c45)nc(-c4ccccc4)n3)cc21. The fourth-order valence-corrected chi connectivity index (χ4v) is 8.30. The van der Waals surface area contributed by atoms with Gasteiger partial charge in [0.25, 0.3) is 0 Å².